The van der Waals surface area contributed by atoms with Crippen LogP contribution in [0.4, 0.5) is 32.0 Å². The van der Waals surface area contributed by atoms with Crippen LogP contribution in [0.5, 0.6) is 0 Å². The summed E-state index contributed by atoms with van der Waals surface area (Å²) in [6.45, 7) is 16.4. The fourth-order valence-electron chi connectivity index (χ4n) is 5.68. The van der Waals surface area contributed by atoms with E-state index < -0.39 is 30.3 Å². The Hall–Kier alpha value is -3.89. The van der Waals surface area contributed by atoms with Crippen molar-refractivity contribution < 1.29 is 31.1 Å². The van der Waals surface area contributed by atoms with Crippen LogP contribution in [0.2, 0.25) is 0 Å². The van der Waals surface area contributed by atoms with Crippen molar-refractivity contribution in [2.45, 2.75) is 63.7 Å². The van der Waals surface area contributed by atoms with Gasteiger partial charge in [0.2, 0.25) is 0 Å². The molecule has 0 amide bonds. The molecule has 48 heavy (non-hydrogen) atoms. The van der Waals surface area contributed by atoms with Gasteiger partial charge < -0.3 is 15.0 Å². The third kappa shape index (κ3) is 11.4. The number of rotatable bonds is 16. The van der Waals surface area contributed by atoms with Gasteiger partial charge in [-0.2, -0.15) is 26.3 Å². The second-order valence-corrected chi connectivity index (χ2v) is 12.0. The van der Waals surface area contributed by atoms with Crippen LogP contribution >= 0.6 is 0 Å². The molecule has 1 atom stereocenters. The van der Waals surface area contributed by atoms with Gasteiger partial charge in [0.25, 0.3) is 0 Å². The standard InChI is InChI=1S/C38H45F6N3O/c1-7-20-47(5)21-11-12-26(2)32-16-15-31(24-30(32)17-19-37(39,40)41)46-36-27(3)23-34(35(25-45-36)38(42,43)44)28(4)33(18-22-48-6)29-13-9-8-10-14-29/h8-10,13-16,23-25,33H,2-4,7,11-12,17-22H2,1,5-6H3,(H,45,46). The maximum absolute atomic E-state index is 14.5. The zero-order valence-corrected chi connectivity index (χ0v) is 27.9. The van der Waals surface area contributed by atoms with Crippen LogP contribution < -0.4 is 5.32 Å². The van der Waals surface area contributed by atoms with Crippen LogP contribution in [-0.4, -0.2) is 56.9 Å². The monoisotopic (exact) mass is 673 g/mol. The summed E-state index contributed by atoms with van der Waals surface area (Å²) in [5, 5.41) is 3.00. The number of ether oxygens (including phenoxy) is 1. The first kappa shape index (κ1) is 38.6. The quantitative estimate of drug-likeness (QED) is 0.180. The molecule has 1 aliphatic rings. The first-order valence-electron chi connectivity index (χ1n) is 16.0. The van der Waals surface area contributed by atoms with Crippen molar-refractivity contribution in [2.24, 2.45) is 4.99 Å². The molecule has 1 N–H and O–H groups in total. The highest BCUT2D eigenvalue weighted by Crippen LogP contribution is 2.42. The number of aryl methyl sites for hydroxylation is 1. The molecule has 0 aliphatic carbocycles. The van der Waals surface area contributed by atoms with Crippen LogP contribution in [0.1, 0.15) is 61.6 Å². The molecule has 1 aliphatic heterocycles. The van der Waals surface area contributed by atoms with Gasteiger partial charge in [0, 0.05) is 43.5 Å². The predicted octanol–water partition coefficient (Wildman–Crippen LogP) is 10.4. The molecule has 260 valence electrons. The van der Waals surface area contributed by atoms with Crippen LogP contribution in [0.25, 0.3) is 5.57 Å². The third-order valence-corrected chi connectivity index (χ3v) is 8.17. The van der Waals surface area contributed by atoms with Gasteiger partial charge in [0.05, 0.1) is 5.57 Å². The Kier molecular flexibility index (Phi) is 14.0. The molecule has 0 fully saturated rings. The summed E-state index contributed by atoms with van der Waals surface area (Å²) in [6.07, 6.45) is -5.55. The second-order valence-electron chi connectivity index (χ2n) is 12.0. The summed E-state index contributed by atoms with van der Waals surface area (Å²) in [6, 6.07) is 14.0. The maximum atomic E-state index is 14.5. The summed E-state index contributed by atoms with van der Waals surface area (Å²) < 4.78 is 88.5. The fourth-order valence-corrected chi connectivity index (χ4v) is 5.68. The predicted molar refractivity (Wildman–Crippen MR) is 184 cm³/mol. The van der Waals surface area contributed by atoms with Crippen molar-refractivity contribution >= 4 is 17.1 Å². The normalized spacial score (nSPS) is 14.6. The number of nitrogens with one attached hydrogen (secondary N) is 1. The average Bonchev–Trinajstić information content (AvgIpc) is 3.19. The first-order chi connectivity index (χ1) is 22.6. The van der Waals surface area contributed by atoms with Crippen LogP contribution in [0.3, 0.4) is 0 Å². The van der Waals surface area contributed by atoms with Crippen molar-refractivity contribution in [3.8, 4) is 0 Å². The van der Waals surface area contributed by atoms with E-state index in [0.717, 1.165) is 43.3 Å². The van der Waals surface area contributed by atoms with E-state index in [0.29, 0.717) is 36.3 Å². The van der Waals surface area contributed by atoms with Gasteiger partial charge in [0.1, 0.15) is 5.84 Å². The number of hydrogen-bond acceptors (Lipinski definition) is 4. The van der Waals surface area contributed by atoms with Crippen LogP contribution in [0.15, 0.2) is 108 Å². The Morgan fingerprint density at radius 1 is 1.02 bits per heavy atom. The van der Waals surface area contributed by atoms with E-state index in [9.17, 15) is 26.3 Å². The van der Waals surface area contributed by atoms with Crippen molar-refractivity contribution in [3.63, 3.8) is 0 Å². The average molecular weight is 674 g/mol. The zero-order chi connectivity index (χ0) is 35.5. The molecular weight excluding hydrogens is 628 g/mol. The number of nitrogens with zero attached hydrogens (tertiary/aromatic N) is 2. The lowest BCUT2D eigenvalue weighted by Crippen LogP contribution is -2.20. The Morgan fingerprint density at radius 3 is 2.35 bits per heavy atom. The van der Waals surface area contributed by atoms with Gasteiger partial charge in [-0.15, -0.1) is 0 Å². The smallest absolute Gasteiger partial charge is 0.385 e. The molecule has 2 aromatic carbocycles. The Morgan fingerprint density at radius 2 is 1.73 bits per heavy atom. The third-order valence-electron chi connectivity index (χ3n) is 8.17. The molecule has 2 aromatic rings. The lowest BCUT2D eigenvalue weighted by atomic mass is 9.82. The van der Waals surface area contributed by atoms with E-state index in [2.05, 4.69) is 41.9 Å². The fraction of sp³-hybridized carbons (Fsp3) is 0.395. The number of benzene rings is 2. The summed E-state index contributed by atoms with van der Waals surface area (Å²) in [7, 11) is 3.55. The van der Waals surface area contributed by atoms with E-state index in [1.165, 1.54) is 13.2 Å². The lowest BCUT2D eigenvalue weighted by molar-refractivity contribution is -0.134. The van der Waals surface area contributed by atoms with Crippen molar-refractivity contribution in [2.75, 3.05) is 39.2 Å². The van der Waals surface area contributed by atoms with E-state index in [1.54, 1.807) is 18.2 Å². The Bertz CT molecular complexity index is 1520. The number of allylic oxidation sites excluding steroid dienone is 4. The summed E-state index contributed by atoms with van der Waals surface area (Å²) in [4.78, 5) is 6.32. The highest BCUT2D eigenvalue weighted by atomic mass is 19.4. The second kappa shape index (κ2) is 17.5. The van der Waals surface area contributed by atoms with Crippen molar-refractivity contribution in [3.05, 3.63) is 120 Å². The van der Waals surface area contributed by atoms with Gasteiger partial charge in [0.15, 0.2) is 0 Å². The zero-order valence-electron chi connectivity index (χ0n) is 27.9. The molecular formula is C38H45F6N3O. The number of alkyl halides is 6. The van der Waals surface area contributed by atoms with Gasteiger partial charge in [-0.1, -0.05) is 63.1 Å². The Labute approximate surface area is 280 Å². The van der Waals surface area contributed by atoms with E-state index in [-0.39, 0.29) is 29.0 Å². The summed E-state index contributed by atoms with van der Waals surface area (Å²) in [5.74, 6) is -0.450. The topological polar surface area (TPSA) is 36.9 Å². The van der Waals surface area contributed by atoms with Crippen molar-refractivity contribution in [1.29, 1.82) is 0 Å². The number of halogens is 6. The van der Waals surface area contributed by atoms with Gasteiger partial charge in [-0.05, 0) is 104 Å². The molecule has 1 unspecified atom stereocenters. The molecule has 10 heteroatoms. The molecule has 0 spiro atoms. The van der Waals surface area contributed by atoms with Crippen LogP contribution in [0, 0.1) is 0 Å². The molecule has 0 saturated heterocycles. The maximum Gasteiger partial charge on any atom is 0.418 e. The first-order valence-corrected chi connectivity index (χ1v) is 16.0. The molecule has 0 aromatic heterocycles. The summed E-state index contributed by atoms with van der Waals surface area (Å²) in [5.41, 5.74) is 2.20. The molecule has 3 rings (SSSR count). The minimum Gasteiger partial charge on any atom is -0.385 e. The SMILES string of the molecule is C=C1C=C(C(=C)C(CCOC)c2ccccc2)C(C(F)(F)F)=CN=C1Nc1ccc(C(=C)CCCN(C)CCC)c(CCC(F)(F)F)c1. The highest BCUT2D eigenvalue weighted by molar-refractivity contribution is 6.10. The summed E-state index contributed by atoms with van der Waals surface area (Å²) >= 11 is 0. The lowest BCUT2D eigenvalue weighted by Gasteiger charge is -2.24. The molecule has 4 nitrogen and oxygen atoms in total. The van der Waals surface area contributed by atoms with E-state index >= 15 is 0 Å². The minimum atomic E-state index is -4.76. The van der Waals surface area contributed by atoms with E-state index in [1.807, 2.05) is 37.4 Å². The number of hydrogen-bond donors (Lipinski definition) is 1. The van der Waals surface area contributed by atoms with Gasteiger partial charge in [-0.3, -0.25) is 0 Å². The number of amidine groups is 1. The molecule has 0 saturated carbocycles. The largest absolute Gasteiger partial charge is 0.418 e. The van der Waals surface area contributed by atoms with Gasteiger partial charge in [-0.25, -0.2) is 4.99 Å². The molecule has 1 heterocycles. The molecule has 0 bridgehead atoms. The van der Waals surface area contributed by atoms with E-state index in [4.69, 9.17) is 4.74 Å². The number of anilines is 1. The van der Waals surface area contributed by atoms with Crippen molar-refractivity contribution in [1.82, 2.24) is 4.90 Å². The highest BCUT2D eigenvalue weighted by Gasteiger charge is 2.39. The minimum absolute atomic E-state index is 0.0278. The van der Waals surface area contributed by atoms with Crippen LogP contribution in [-0.2, 0) is 11.2 Å². The number of methoxy groups -OCH3 is 1. The van der Waals surface area contributed by atoms with Gasteiger partial charge >= 0.3 is 12.4 Å². The number of aliphatic imine (C=N–C) groups is 1. The molecule has 0 radical (unpaired) electrons. The Balaban J connectivity index is 1.94.